The molecule has 0 unspecified atom stereocenters. The number of halogens is 2. The van der Waals surface area contributed by atoms with E-state index in [9.17, 15) is 13.6 Å². The van der Waals surface area contributed by atoms with E-state index in [1.807, 2.05) is 12.1 Å². The third kappa shape index (κ3) is 7.11. The molecule has 0 saturated heterocycles. The molecule has 4 rings (SSSR count). The van der Waals surface area contributed by atoms with Gasteiger partial charge in [0.25, 0.3) is 5.91 Å². The summed E-state index contributed by atoms with van der Waals surface area (Å²) in [5, 5.41) is 12.6. The Hall–Kier alpha value is -4.51. The van der Waals surface area contributed by atoms with Crippen LogP contribution in [0.25, 0.3) is 10.4 Å². The van der Waals surface area contributed by atoms with Crippen LogP contribution in [0, 0.1) is 11.6 Å². The molecule has 0 aliphatic carbocycles. The highest BCUT2D eigenvalue weighted by Gasteiger charge is 2.45. The van der Waals surface area contributed by atoms with Gasteiger partial charge in [0.15, 0.2) is 5.54 Å². The van der Waals surface area contributed by atoms with E-state index in [1.54, 1.807) is 36.4 Å². The summed E-state index contributed by atoms with van der Waals surface area (Å²) < 4.78 is 38.8. The second-order valence-corrected chi connectivity index (χ2v) is 9.07. The number of aliphatic imine (C=N–C) groups is 1. The summed E-state index contributed by atoms with van der Waals surface area (Å²) in [6, 6.07) is 17.4. The molecule has 1 heterocycles. The molecule has 3 aromatic carbocycles. The maximum Gasteiger partial charge on any atom is 0.266 e. The Labute approximate surface area is 229 Å². The number of carbonyl (C=O) groups is 1. The highest BCUT2D eigenvalue weighted by atomic mass is 19.1. The number of hydrogen-bond donors (Lipinski definition) is 3. The summed E-state index contributed by atoms with van der Waals surface area (Å²) in [6.45, 7) is 0.344. The molecule has 0 fully saturated rings. The van der Waals surface area contributed by atoms with Crippen LogP contribution in [0.4, 0.5) is 8.78 Å². The molecule has 208 valence electrons. The number of nitrogens with zero attached hydrogens (tertiary/aromatic N) is 4. The van der Waals surface area contributed by atoms with Crippen molar-refractivity contribution in [3.05, 3.63) is 111 Å². The summed E-state index contributed by atoms with van der Waals surface area (Å²) in [5.41, 5.74) is 15.0. The topological polar surface area (TPSA) is 141 Å². The standard InChI is InChI=1S/C28H28F2N6O4/c29-23-9-6-22(25(30)14-23)17-32-35-27(38)28(15-20-4-1-2-5-21(20)16-33-36-31)18-40-26(34-28)19-7-10-24(11-8-19)39-13-3-12-37/h1-2,4-11,14,32,37H,3,12-13,15-18H2,(H,35,38)/t28-/m0/s1. The first-order valence-corrected chi connectivity index (χ1v) is 12.6. The lowest BCUT2D eigenvalue weighted by atomic mass is 9.89. The van der Waals surface area contributed by atoms with E-state index in [4.69, 9.17) is 25.1 Å². The molecule has 40 heavy (non-hydrogen) atoms. The third-order valence-corrected chi connectivity index (χ3v) is 6.26. The number of ether oxygens (including phenoxy) is 2. The van der Waals surface area contributed by atoms with Crippen LogP contribution in [0.5, 0.6) is 5.75 Å². The Balaban J connectivity index is 1.57. The zero-order valence-electron chi connectivity index (χ0n) is 21.5. The van der Waals surface area contributed by atoms with Gasteiger partial charge in [-0.3, -0.25) is 10.2 Å². The second kappa shape index (κ2) is 13.5. The number of aliphatic hydroxyl groups is 1. The van der Waals surface area contributed by atoms with Crippen LogP contribution >= 0.6 is 0 Å². The fourth-order valence-corrected chi connectivity index (χ4v) is 4.14. The van der Waals surface area contributed by atoms with Crippen molar-refractivity contribution in [2.45, 2.75) is 31.5 Å². The normalized spacial score (nSPS) is 16.0. The van der Waals surface area contributed by atoms with Crippen LogP contribution in [0.15, 0.2) is 76.8 Å². The SMILES string of the molecule is [N-]=[N+]=NCc1ccccc1C[C@@]1(C(=O)NNCc2ccc(F)cc2F)COC(c2ccc(OCCCO)cc2)=N1. The highest BCUT2D eigenvalue weighted by Crippen LogP contribution is 2.29. The fourth-order valence-electron chi connectivity index (χ4n) is 4.14. The van der Waals surface area contributed by atoms with Gasteiger partial charge in [-0.2, -0.15) is 0 Å². The molecule has 0 bridgehead atoms. The van der Waals surface area contributed by atoms with Crippen molar-refractivity contribution >= 4 is 11.8 Å². The Morgan fingerprint density at radius 3 is 2.62 bits per heavy atom. The van der Waals surface area contributed by atoms with E-state index in [0.29, 0.717) is 24.3 Å². The smallest absolute Gasteiger partial charge is 0.266 e. The Kier molecular flexibility index (Phi) is 9.63. The van der Waals surface area contributed by atoms with E-state index in [2.05, 4.69) is 20.9 Å². The van der Waals surface area contributed by atoms with Crippen LogP contribution in [0.2, 0.25) is 0 Å². The minimum atomic E-state index is -1.40. The average Bonchev–Trinajstić information content (AvgIpc) is 3.39. The summed E-state index contributed by atoms with van der Waals surface area (Å²) >= 11 is 0. The lowest BCUT2D eigenvalue weighted by Gasteiger charge is -2.24. The van der Waals surface area contributed by atoms with Gasteiger partial charge < -0.3 is 14.6 Å². The lowest BCUT2D eigenvalue weighted by molar-refractivity contribution is -0.127. The molecule has 0 aromatic heterocycles. The van der Waals surface area contributed by atoms with Gasteiger partial charge in [0.05, 0.1) is 13.2 Å². The van der Waals surface area contributed by atoms with Crippen molar-refractivity contribution in [1.82, 2.24) is 10.9 Å². The van der Waals surface area contributed by atoms with Gasteiger partial charge in [-0.15, -0.1) is 0 Å². The molecule has 1 aliphatic rings. The third-order valence-electron chi connectivity index (χ3n) is 6.26. The molecular formula is C28H28F2N6O4. The number of carbonyl (C=O) groups excluding carboxylic acids is 1. The maximum absolute atomic E-state index is 14.1. The predicted octanol–water partition coefficient (Wildman–Crippen LogP) is 4.12. The summed E-state index contributed by atoms with van der Waals surface area (Å²) in [6.07, 6.45) is 0.645. The predicted molar refractivity (Wildman–Crippen MR) is 143 cm³/mol. The van der Waals surface area contributed by atoms with Crippen LogP contribution in [0.3, 0.4) is 0 Å². The zero-order chi connectivity index (χ0) is 28.4. The average molecular weight is 551 g/mol. The van der Waals surface area contributed by atoms with Gasteiger partial charge in [0, 0.05) is 48.1 Å². The molecule has 0 spiro atoms. The monoisotopic (exact) mass is 550 g/mol. The number of hydrogen-bond acceptors (Lipinski definition) is 7. The number of amides is 1. The van der Waals surface area contributed by atoms with E-state index in [-0.39, 0.29) is 44.2 Å². The molecule has 0 saturated carbocycles. The van der Waals surface area contributed by atoms with Gasteiger partial charge in [-0.1, -0.05) is 35.4 Å². The number of benzene rings is 3. The van der Waals surface area contributed by atoms with Crippen molar-refractivity contribution in [3.8, 4) is 5.75 Å². The Bertz CT molecular complexity index is 1410. The van der Waals surface area contributed by atoms with Crippen molar-refractivity contribution < 1.29 is 28.2 Å². The van der Waals surface area contributed by atoms with Crippen LogP contribution < -0.4 is 15.6 Å². The van der Waals surface area contributed by atoms with Crippen LogP contribution in [-0.2, 0) is 29.0 Å². The van der Waals surface area contributed by atoms with E-state index >= 15 is 0 Å². The van der Waals surface area contributed by atoms with Crippen LogP contribution in [0.1, 0.15) is 28.7 Å². The minimum absolute atomic E-state index is 0.0343. The number of nitrogens with one attached hydrogen (secondary N) is 2. The first-order valence-electron chi connectivity index (χ1n) is 12.6. The molecular weight excluding hydrogens is 522 g/mol. The van der Waals surface area contributed by atoms with E-state index < -0.39 is 23.1 Å². The molecule has 12 heteroatoms. The Morgan fingerprint density at radius 2 is 1.90 bits per heavy atom. The van der Waals surface area contributed by atoms with E-state index in [0.717, 1.165) is 23.3 Å². The van der Waals surface area contributed by atoms with Crippen LogP contribution in [-0.4, -0.2) is 42.3 Å². The number of rotatable bonds is 13. The van der Waals surface area contributed by atoms with Crippen molar-refractivity contribution in [3.63, 3.8) is 0 Å². The van der Waals surface area contributed by atoms with Gasteiger partial charge in [-0.25, -0.2) is 19.2 Å². The van der Waals surface area contributed by atoms with Crippen molar-refractivity contribution in [2.24, 2.45) is 10.1 Å². The number of aliphatic hydroxyl groups excluding tert-OH is 1. The van der Waals surface area contributed by atoms with Gasteiger partial charge >= 0.3 is 0 Å². The maximum atomic E-state index is 14.1. The summed E-state index contributed by atoms with van der Waals surface area (Å²) in [4.78, 5) is 21.1. The first-order chi connectivity index (χ1) is 19.4. The fraction of sp³-hybridized carbons (Fsp3) is 0.286. The largest absolute Gasteiger partial charge is 0.494 e. The quantitative estimate of drug-likeness (QED) is 0.0966. The van der Waals surface area contributed by atoms with Crippen molar-refractivity contribution in [2.75, 3.05) is 19.8 Å². The zero-order valence-corrected chi connectivity index (χ0v) is 21.5. The minimum Gasteiger partial charge on any atom is -0.494 e. The molecule has 1 atom stereocenters. The lowest BCUT2D eigenvalue weighted by Crippen LogP contribution is -2.52. The molecule has 3 N–H and O–H groups in total. The van der Waals surface area contributed by atoms with Crippen molar-refractivity contribution in [1.29, 1.82) is 0 Å². The summed E-state index contributed by atoms with van der Waals surface area (Å²) in [5.74, 6) is -1.08. The Morgan fingerprint density at radius 1 is 1.12 bits per heavy atom. The second-order valence-electron chi connectivity index (χ2n) is 9.07. The van der Waals surface area contributed by atoms with Gasteiger partial charge in [-0.05, 0) is 47.0 Å². The molecule has 1 aliphatic heterocycles. The molecule has 10 nitrogen and oxygen atoms in total. The molecule has 1 amide bonds. The summed E-state index contributed by atoms with van der Waals surface area (Å²) in [7, 11) is 0. The van der Waals surface area contributed by atoms with Gasteiger partial charge in [0.1, 0.15) is 24.0 Å². The molecule has 3 aromatic rings. The highest BCUT2D eigenvalue weighted by molar-refractivity contribution is 6.00. The molecule has 0 radical (unpaired) electrons. The first kappa shape index (κ1) is 28.5. The number of hydrazine groups is 1. The van der Waals surface area contributed by atoms with E-state index in [1.165, 1.54) is 6.07 Å². The van der Waals surface area contributed by atoms with Gasteiger partial charge in [0.2, 0.25) is 5.90 Å². The number of azide groups is 1.